The highest BCUT2D eigenvalue weighted by Crippen LogP contribution is 2.55. The first-order valence-corrected chi connectivity index (χ1v) is 14.0. The van der Waals surface area contributed by atoms with Crippen LogP contribution in [0.1, 0.15) is 49.9 Å². The molecular formula is C28H36ClN7O. The van der Waals surface area contributed by atoms with E-state index in [9.17, 15) is 4.79 Å². The second-order valence-electron chi connectivity index (χ2n) is 11.6. The Morgan fingerprint density at radius 1 is 0.973 bits per heavy atom. The van der Waals surface area contributed by atoms with Crippen molar-refractivity contribution in [1.82, 2.24) is 25.5 Å². The van der Waals surface area contributed by atoms with Crippen molar-refractivity contribution in [2.45, 2.75) is 57.9 Å². The summed E-state index contributed by atoms with van der Waals surface area (Å²) in [5.41, 5.74) is 2.76. The van der Waals surface area contributed by atoms with Gasteiger partial charge in [-0.25, -0.2) is 14.8 Å². The van der Waals surface area contributed by atoms with Gasteiger partial charge in [0.1, 0.15) is 0 Å². The molecule has 7 rings (SSSR count). The van der Waals surface area contributed by atoms with Crippen LogP contribution in [0.4, 0.5) is 16.4 Å². The number of piperazine rings is 1. The Morgan fingerprint density at radius 3 is 2.19 bits per heavy atom. The lowest BCUT2D eigenvalue weighted by atomic mass is 9.53. The molecule has 5 fully saturated rings. The highest BCUT2D eigenvalue weighted by molar-refractivity contribution is 6.30. The molecule has 196 valence electrons. The molecule has 8 nitrogen and oxygen atoms in total. The van der Waals surface area contributed by atoms with Crippen molar-refractivity contribution in [2.24, 2.45) is 22.7 Å². The van der Waals surface area contributed by atoms with E-state index in [1.807, 2.05) is 38.1 Å². The summed E-state index contributed by atoms with van der Waals surface area (Å²) in [5, 5.41) is 7.27. The van der Waals surface area contributed by atoms with E-state index in [4.69, 9.17) is 16.6 Å². The SMILES string of the molecule is Cc1cc(C)nc(/N=C(/NC(=O)NC23CC4CC(CC(C4)C2)C3)N2CCN(c3cccc(Cl)c3)CC2)n1. The normalized spacial score (nSPS) is 28.9. The maximum atomic E-state index is 13.4. The van der Waals surface area contributed by atoms with E-state index in [1.54, 1.807) is 0 Å². The first-order valence-electron chi connectivity index (χ1n) is 13.6. The number of nitrogens with zero attached hydrogens (tertiary/aromatic N) is 5. The number of guanidine groups is 1. The van der Waals surface area contributed by atoms with Gasteiger partial charge in [0, 0.05) is 53.8 Å². The van der Waals surface area contributed by atoms with Crippen LogP contribution in [0.5, 0.6) is 0 Å². The average Bonchev–Trinajstić information content (AvgIpc) is 2.82. The van der Waals surface area contributed by atoms with Gasteiger partial charge < -0.3 is 15.1 Å². The summed E-state index contributed by atoms with van der Waals surface area (Å²) in [6, 6.07) is 9.70. The van der Waals surface area contributed by atoms with E-state index >= 15 is 0 Å². The van der Waals surface area contributed by atoms with Crippen molar-refractivity contribution in [3.05, 3.63) is 46.7 Å². The Bertz CT molecular complexity index is 1150. The van der Waals surface area contributed by atoms with Crippen molar-refractivity contribution in [3.63, 3.8) is 0 Å². The quantitative estimate of drug-likeness (QED) is 0.446. The third-order valence-electron chi connectivity index (χ3n) is 8.57. The summed E-state index contributed by atoms with van der Waals surface area (Å²) in [7, 11) is 0. The standard InChI is InChI=1S/C28H36ClN7O/c1-18-10-19(2)31-25(30-18)32-26(36-8-6-35(7-9-36)24-5-3-4-23(29)14-24)33-27(37)34-28-15-20-11-21(16-28)13-22(12-20)17-28/h3-5,10,14,20-22H,6-9,11-13,15-17H2,1-2H3,(H2,30,31,32,33,34,37). The fraction of sp³-hybridized carbons (Fsp3) is 0.571. The molecule has 37 heavy (non-hydrogen) atoms. The molecule has 0 atom stereocenters. The third-order valence-corrected chi connectivity index (χ3v) is 8.81. The third kappa shape index (κ3) is 5.40. The minimum Gasteiger partial charge on any atom is -0.368 e. The number of amides is 2. The molecule has 2 aromatic rings. The second kappa shape index (κ2) is 9.78. The van der Waals surface area contributed by atoms with Crippen molar-refractivity contribution in [3.8, 4) is 0 Å². The molecule has 9 heteroatoms. The number of aromatic nitrogens is 2. The Labute approximate surface area is 223 Å². The predicted octanol–water partition coefficient (Wildman–Crippen LogP) is 4.82. The molecule has 2 amide bonds. The van der Waals surface area contributed by atoms with Crippen LogP contribution in [0.15, 0.2) is 35.3 Å². The van der Waals surface area contributed by atoms with E-state index in [2.05, 4.69) is 36.5 Å². The Hall–Kier alpha value is -2.87. The number of benzene rings is 1. The van der Waals surface area contributed by atoms with Gasteiger partial charge in [-0.3, -0.25) is 5.32 Å². The molecule has 1 saturated heterocycles. The summed E-state index contributed by atoms with van der Waals surface area (Å²) in [6.45, 7) is 6.90. The maximum absolute atomic E-state index is 13.4. The first-order chi connectivity index (χ1) is 17.8. The van der Waals surface area contributed by atoms with E-state index < -0.39 is 0 Å². The molecular weight excluding hydrogens is 486 g/mol. The van der Waals surface area contributed by atoms with Gasteiger partial charge >= 0.3 is 6.03 Å². The van der Waals surface area contributed by atoms with Crippen LogP contribution in [0.3, 0.4) is 0 Å². The molecule has 0 spiro atoms. The molecule has 5 aliphatic rings. The van der Waals surface area contributed by atoms with Crippen molar-refractivity contribution in [2.75, 3.05) is 31.1 Å². The van der Waals surface area contributed by atoms with Gasteiger partial charge in [0.05, 0.1) is 0 Å². The summed E-state index contributed by atoms with van der Waals surface area (Å²) in [5.74, 6) is 3.19. The Morgan fingerprint density at radius 2 is 1.59 bits per heavy atom. The van der Waals surface area contributed by atoms with Crippen LogP contribution < -0.4 is 15.5 Å². The first kappa shape index (κ1) is 24.5. The lowest BCUT2D eigenvalue weighted by molar-refractivity contribution is -0.0133. The highest BCUT2D eigenvalue weighted by Gasteiger charge is 2.51. The predicted molar refractivity (Wildman–Crippen MR) is 146 cm³/mol. The van der Waals surface area contributed by atoms with Crippen LogP contribution in [-0.2, 0) is 0 Å². The Balaban J connectivity index is 1.19. The van der Waals surface area contributed by atoms with E-state index in [-0.39, 0.29) is 11.6 Å². The molecule has 1 aromatic heterocycles. The van der Waals surface area contributed by atoms with Crippen molar-refractivity contribution >= 4 is 35.2 Å². The second-order valence-corrected chi connectivity index (χ2v) is 12.1. The van der Waals surface area contributed by atoms with Crippen LogP contribution in [0, 0.1) is 31.6 Å². The molecule has 1 aromatic carbocycles. The lowest BCUT2D eigenvalue weighted by Crippen LogP contribution is -2.63. The number of halogens is 1. The van der Waals surface area contributed by atoms with Gasteiger partial charge in [0.2, 0.25) is 5.96 Å². The maximum Gasteiger partial charge on any atom is 0.321 e. The smallest absolute Gasteiger partial charge is 0.321 e. The molecule has 4 saturated carbocycles. The highest BCUT2D eigenvalue weighted by atomic mass is 35.5. The number of hydrogen-bond acceptors (Lipinski definition) is 5. The van der Waals surface area contributed by atoms with Gasteiger partial charge in [0.15, 0.2) is 0 Å². The van der Waals surface area contributed by atoms with Gasteiger partial charge in [-0.2, -0.15) is 4.99 Å². The van der Waals surface area contributed by atoms with Crippen LogP contribution in [0.2, 0.25) is 5.02 Å². The topological polar surface area (TPSA) is 85.7 Å². The number of aliphatic imine (C=N–C) groups is 1. The number of rotatable bonds is 3. The van der Waals surface area contributed by atoms with Gasteiger partial charge in [0.25, 0.3) is 5.95 Å². The van der Waals surface area contributed by atoms with Gasteiger partial charge in [-0.1, -0.05) is 17.7 Å². The van der Waals surface area contributed by atoms with Gasteiger partial charge in [-0.15, -0.1) is 0 Å². The number of aryl methyl sites for hydroxylation is 2. The number of urea groups is 1. The molecule has 2 heterocycles. The minimum atomic E-state index is -0.164. The Kier molecular flexibility index (Phi) is 6.47. The largest absolute Gasteiger partial charge is 0.368 e. The van der Waals surface area contributed by atoms with E-state index in [0.717, 1.165) is 72.2 Å². The zero-order chi connectivity index (χ0) is 25.6. The number of carbonyl (C=O) groups is 1. The molecule has 0 unspecified atom stereocenters. The summed E-state index contributed by atoms with van der Waals surface area (Å²) in [4.78, 5) is 31.6. The molecule has 4 bridgehead atoms. The van der Waals surface area contributed by atoms with Crippen molar-refractivity contribution < 1.29 is 4.79 Å². The molecule has 1 aliphatic heterocycles. The summed E-state index contributed by atoms with van der Waals surface area (Å²) < 4.78 is 0. The average molecular weight is 522 g/mol. The van der Waals surface area contributed by atoms with Crippen LogP contribution in [-0.4, -0.2) is 58.6 Å². The van der Waals surface area contributed by atoms with Crippen LogP contribution >= 0.6 is 11.6 Å². The zero-order valence-electron chi connectivity index (χ0n) is 21.7. The van der Waals surface area contributed by atoms with Crippen molar-refractivity contribution in [1.29, 1.82) is 0 Å². The molecule has 0 radical (unpaired) electrons. The number of nitrogens with one attached hydrogen (secondary N) is 2. The summed E-state index contributed by atoms with van der Waals surface area (Å²) >= 11 is 6.22. The van der Waals surface area contributed by atoms with Crippen LogP contribution in [0.25, 0.3) is 0 Å². The summed E-state index contributed by atoms with van der Waals surface area (Å²) in [6.07, 6.45) is 7.36. The number of carbonyl (C=O) groups excluding carboxylic acids is 1. The van der Waals surface area contributed by atoms with Gasteiger partial charge in [-0.05, 0) is 94.4 Å². The molecule has 4 aliphatic carbocycles. The van der Waals surface area contributed by atoms with E-state index in [0.29, 0.717) is 25.0 Å². The monoisotopic (exact) mass is 521 g/mol. The lowest BCUT2D eigenvalue weighted by Gasteiger charge is -2.56. The fourth-order valence-electron chi connectivity index (χ4n) is 7.52. The molecule has 2 N–H and O–H groups in total. The fourth-order valence-corrected chi connectivity index (χ4v) is 7.70. The number of anilines is 1. The van der Waals surface area contributed by atoms with E-state index in [1.165, 1.54) is 19.3 Å². The number of hydrogen-bond donors (Lipinski definition) is 2. The zero-order valence-corrected chi connectivity index (χ0v) is 22.5. The minimum absolute atomic E-state index is 0.0638.